The molecule has 0 unspecified atom stereocenters. The highest BCUT2D eigenvalue weighted by atomic mass is 32.1. The smallest absolute Gasteiger partial charge is 0.188 e. The van der Waals surface area contributed by atoms with E-state index >= 15 is 0 Å². The molecule has 1 aromatic heterocycles. The van der Waals surface area contributed by atoms with Crippen molar-refractivity contribution in [2.24, 2.45) is 0 Å². The molecule has 17 heavy (non-hydrogen) atoms. The summed E-state index contributed by atoms with van der Waals surface area (Å²) in [6, 6.07) is 6.61. The fourth-order valence-corrected chi connectivity index (χ4v) is 1.94. The Hall–Kier alpha value is -1.81. The van der Waals surface area contributed by atoms with E-state index in [2.05, 4.69) is 0 Å². The van der Waals surface area contributed by atoms with Crippen molar-refractivity contribution in [2.75, 3.05) is 0 Å². The Kier molecular flexibility index (Phi) is 3.44. The fourth-order valence-electron chi connectivity index (χ4n) is 1.32. The van der Waals surface area contributed by atoms with Gasteiger partial charge in [0.15, 0.2) is 5.78 Å². The first kappa shape index (κ1) is 11.7. The number of allylic oxidation sites excluding steroid dienone is 1. The van der Waals surface area contributed by atoms with Crippen LogP contribution in [0.25, 0.3) is 6.08 Å². The number of carbonyl (C=O) groups is 1. The Morgan fingerprint density at radius 2 is 2.06 bits per heavy atom. The van der Waals surface area contributed by atoms with Gasteiger partial charge in [-0.05, 0) is 35.7 Å². The van der Waals surface area contributed by atoms with Crippen molar-refractivity contribution in [3.63, 3.8) is 0 Å². The van der Waals surface area contributed by atoms with Crippen LogP contribution in [0.4, 0.5) is 8.78 Å². The quantitative estimate of drug-likeness (QED) is 0.596. The summed E-state index contributed by atoms with van der Waals surface area (Å²) in [5.41, 5.74) is -0.126. The molecule has 4 heteroatoms. The third-order valence-electron chi connectivity index (χ3n) is 2.14. The molecule has 0 fully saturated rings. The molecule has 0 aliphatic rings. The maximum atomic E-state index is 13.3. The van der Waals surface area contributed by atoms with Gasteiger partial charge in [-0.25, -0.2) is 8.78 Å². The lowest BCUT2D eigenvalue weighted by Crippen LogP contribution is -1.98. The van der Waals surface area contributed by atoms with Crippen molar-refractivity contribution in [2.45, 2.75) is 0 Å². The minimum Gasteiger partial charge on any atom is -0.289 e. The molecule has 0 radical (unpaired) electrons. The van der Waals surface area contributed by atoms with Gasteiger partial charge in [0.2, 0.25) is 0 Å². The van der Waals surface area contributed by atoms with Crippen molar-refractivity contribution in [3.05, 3.63) is 63.9 Å². The predicted molar refractivity (Wildman–Crippen MR) is 64.0 cm³/mol. The van der Waals surface area contributed by atoms with Crippen LogP contribution in [-0.4, -0.2) is 5.78 Å². The molecule has 0 atom stereocenters. The highest BCUT2D eigenvalue weighted by Crippen LogP contribution is 2.14. The number of halogens is 2. The first-order valence-corrected chi connectivity index (χ1v) is 5.76. The van der Waals surface area contributed by atoms with Gasteiger partial charge in [-0.2, -0.15) is 0 Å². The molecule has 0 saturated carbocycles. The summed E-state index contributed by atoms with van der Waals surface area (Å²) in [4.78, 5) is 12.5. The Bertz CT molecular complexity index is 559. The summed E-state index contributed by atoms with van der Waals surface area (Å²) >= 11 is 1.47. The largest absolute Gasteiger partial charge is 0.289 e. The molecule has 1 nitrogen and oxygen atoms in total. The standard InChI is InChI=1S/C13H8F2OS/c14-9-3-5-11(12(15)8-9)13(16)6-4-10-2-1-7-17-10/h1-8H/b6-4+. The second kappa shape index (κ2) is 5.01. The lowest BCUT2D eigenvalue weighted by Gasteiger charge is -1.97. The second-order valence-corrected chi connectivity index (χ2v) is 4.32. The van der Waals surface area contributed by atoms with Gasteiger partial charge in [0.05, 0.1) is 5.56 Å². The minimum atomic E-state index is -0.842. The lowest BCUT2D eigenvalue weighted by molar-refractivity contribution is 0.104. The van der Waals surface area contributed by atoms with E-state index in [9.17, 15) is 13.6 Å². The molecule has 2 rings (SSSR count). The van der Waals surface area contributed by atoms with Gasteiger partial charge in [-0.3, -0.25) is 4.79 Å². The maximum absolute atomic E-state index is 13.3. The summed E-state index contributed by atoms with van der Waals surface area (Å²) in [6.07, 6.45) is 2.89. The number of thiophene rings is 1. The topological polar surface area (TPSA) is 17.1 Å². The van der Waals surface area contributed by atoms with Crippen molar-refractivity contribution in [1.82, 2.24) is 0 Å². The number of hydrogen-bond donors (Lipinski definition) is 0. The highest BCUT2D eigenvalue weighted by Gasteiger charge is 2.09. The van der Waals surface area contributed by atoms with Crippen LogP contribution in [-0.2, 0) is 0 Å². The minimum absolute atomic E-state index is 0.126. The molecule has 0 amide bonds. The molecular formula is C13H8F2OS. The van der Waals surface area contributed by atoms with Crippen molar-refractivity contribution in [1.29, 1.82) is 0 Å². The molecule has 0 N–H and O–H groups in total. The van der Waals surface area contributed by atoms with E-state index in [1.807, 2.05) is 17.5 Å². The molecule has 1 heterocycles. The summed E-state index contributed by atoms with van der Waals surface area (Å²) in [7, 11) is 0. The van der Waals surface area contributed by atoms with Crippen LogP contribution in [0.3, 0.4) is 0 Å². The summed E-state index contributed by atoms with van der Waals surface area (Å²) in [6.45, 7) is 0. The van der Waals surface area contributed by atoms with E-state index in [1.54, 1.807) is 6.08 Å². The summed E-state index contributed by atoms with van der Waals surface area (Å²) in [5.74, 6) is -2.01. The van der Waals surface area contributed by atoms with Gasteiger partial charge in [0, 0.05) is 10.9 Å². The maximum Gasteiger partial charge on any atom is 0.188 e. The zero-order chi connectivity index (χ0) is 12.3. The van der Waals surface area contributed by atoms with Gasteiger partial charge in [-0.1, -0.05) is 6.07 Å². The van der Waals surface area contributed by atoms with E-state index < -0.39 is 17.4 Å². The van der Waals surface area contributed by atoms with Crippen LogP contribution in [0.2, 0.25) is 0 Å². The monoisotopic (exact) mass is 250 g/mol. The molecule has 2 aromatic rings. The molecule has 0 saturated heterocycles. The molecule has 86 valence electrons. The van der Waals surface area contributed by atoms with Crippen LogP contribution in [0, 0.1) is 11.6 Å². The van der Waals surface area contributed by atoms with E-state index in [0.717, 1.165) is 17.0 Å². The molecule has 0 spiro atoms. The third kappa shape index (κ3) is 2.85. The molecular weight excluding hydrogens is 242 g/mol. The van der Waals surface area contributed by atoms with Gasteiger partial charge < -0.3 is 0 Å². The highest BCUT2D eigenvalue weighted by molar-refractivity contribution is 7.10. The van der Waals surface area contributed by atoms with Crippen LogP contribution in [0.15, 0.2) is 41.8 Å². The fraction of sp³-hybridized carbons (Fsp3) is 0. The number of ketones is 1. The third-order valence-corrected chi connectivity index (χ3v) is 2.98. The average molecular weight is 250 g/mol. The molecule has 0 bridgehead atoms. The van der Waals surface area contributed by atoms with Gasteiger partial charge in [0.1, 0.15) is 11.6 Å². The first-order chi connectivity index (χ1) is 8.16. The van der Waals surface area contributed by atoms with Crippen molar-refractivity contribution in [3.8, 4) is 0 Å². The zero-order valence-corrected chi connectivity index (χ0v) is 9.51. The first-order valence-electron chi connectivity index (χ1n) is 4.88. The number of rotatable bonds is 3. The number of hydrogen-bond acceptors (Lipinski definition) is 2. The van der Waals surface area contributed by atoms with Crippen LogP contribution >= 0.6 is 11.3 Å². The van der Waals surface area contributed by atoms with E-state index in [0.29, 0.717) is 6.07 Å². The predicted octanol–water partition coefficient (Wildman–Crippen LogP) is 3.92. The summed E-state index contributed by atoms with van der Waals surface area (Å²) in [5, 5.41) is 1.88. The van der Waals surface area contributed by atoms with Crippen molar-refractivity contribution >= 4 is 23.2 Å². The van der Waals surface area contributed by atoms with Gasteiger partial charge >= 0.3 is 0 Å². The van der Waals surface area contributed by atoms with Crippen LogP contribution in [0.1, 0.15) is 15.2 Å². The Morgan fingerprint density at radius 1 is 1.24 bits per heavy atom. The van der Waals surface area contributed by atoms with E-state index in [4.69, 9.17) is 0 Å². The lowest BCUT2D eigenvalue weighted by atomic mass is 10.1. The number of carbonyl (C=O) groups excluding carboxylic acids is 1. The van der Waals surface area contributed by atoms with Gasteiger partial charge in [-0.15, -0.1) is 11.3 Å². The number of benzene rings is 1. The van der Waals surface area contributed by atoms with Crippen LogP contribution < -0.4 is 0 Å². The average Bonchev–Trinajstić information content (AvgIpc) is 2.78. The second-order valence-electron chi connectivity index (χ2n) is 3.34. The summed E-state index contributed by atoms with van der Waals surface area (Å²) < 4.78 is 25.9. The zero-order valence-electron chi connectivity index (χ0n) is 8.69. The molecule has 0 aliphatic carbocycles. The molecule has 0 aliphatic heterocycles. The van der Waals surface area contributed by atoms with E-state index in [1.165, 1.54) is 17.4 Å². The normalized spacial score (nSPS) is 10.9. The van der Waals surface area contributed by atoms with Crippen molar-refractivity contribution < 1.29 is 13.6 Å². The SMILES string of the molecule is O=C(/C=C/c1cccs1)c1ccc(F)cc1F. The van der Waals surface area contributed by atoms with E-state index in [-0.39, 0.29) is 5.56 Å². The Labute approximate surface area is 101 Å². The Morgan fingerprint density at radius 3 is 2.71 bits per heavy atom. The molecule has 1 aromatic carbocycles. The van der Waals surface area contributed by atoms with Crippen LogP contribution in [0.5, 0.6) is 0 Å². The van der Waals surface area contributed by atoms with Gasteiger partial charge in [0.25, 0.3) is 0 Å². The Balaban J connectivity index is 2.20.